The summed E-state index contributed by atoms with van der Waals surface area (Å²) in [7, 11) is 0. The zero-order chi connectivity index (χ0) is 13.2. The van der Waals surface area contributed by atoms with Crippen LogP contribution in [-0.4, -0.2) is 15.2 Å². The van der Waals surface area contributed by atoms with Crippen LogP contribution in [-0.2, 0) is 0 Å². The Morgan fingerprint density at radius 3 is 2.79 bits per heavy atom. The van der Waals surface area contributed by atoms with Crippen LogP contribution in [0.1, 0.15) is 0 Å². The van der Waals surface area contributed by atoms with Crippen LogP contribution >= 0.6 is 15.9 Å². The number of nitrogens with one attached hydrogen (secondary N) is 1. The molecule has 3 rings (SSSR count). The Labute approximate surface area is 118 Å². The van der Waals surface area contributed by atoms with Gasteiger partial charge in [0.05, 0.1) is 11.2 Å². The largest absolute Gasteiger partial charge is 0.382 e. The highest BCUT2D eigenvalue weighted by Gasteiger charge is 2.04. The molecule has 2 heterocycles. The molecule has 0 amide bonds. The number of para-hydroxylation sites is 1. The maximum atomic E-state index is 5.51. The second-order valence-electron chi connectivity index (χ2n) is 4.00. The number of aromatic nitrogens is 3. The number of nitrogens with zero attached hydrogens (tertiary/aromatic N) is 3. The predicted molar refractivity (Wildman–Crippen MR) is 79.2 cm³/mol. The van der Waals surface area contributed by atoms with Gasteiger partial charge in [-0.15, -0.1) is 10.2 Å². The maximum absolute atomic E-state index is 5.51. The molecule has 0 unspecified atom stereocenters. The minimum Gasteiger partial charge on any atom is -0.382 e. The molecule has 5 nitrogen and oxygen atoms in total. The lowest BCUT2D eigenvalue weighted by Crippen LogP contribution is -1.99. The summed E-state index contributed by atoms with van der Waals surface area (Å²) in [6.07, 6.45) is 1.77. The van der Waals surface area contributed by atoms with Gasteiger partial charge in [0.15, 0.2) is 5.82 Å². The first-order valence-corrected chi connectivity index (χ1v) is 6.42. The molecular weight excluding hydrogens is 306 g/mol. The van der Waals surface area contributed by atoms with Crippen molar-refractivity contribution in [1.82, 2.24) is 15.2 Å². The highest BCUT2D eigenvalue weighted by atomic mass is 79.9. The van der Waals surface area contributed by atoms with Crippen molar-refractivity contribution in [2.24, 2.45) is 0 Å². The molecule has 3 aromatic rings. The summed E-state index contributed by atoms with van der Waals surface area (Å²) in [5.41, 5.74) is 7.27. The molecule has 19 heavy (non-hydrogen) atoms. The van der Waals surface area contributed by atoms with Crippen molar-refractivity contribution in [3.8, 4) is 0 Å². The molecule has 0 fully saturated rings. The van der Waals surface area contributed by atoms with Crippen LogP contribution in [0.4, 0.5) is 17.3 Å². The summed E-state index contributed by atoms with van der Waals surface area (Å²) in [5.74, 6) is 1.02. The van der Waals surface area contributed by atoms with Gasteiger partial charge >= 0.3 is 0 Å². The number of hydrogen-bond donors (Lipinski definition) is 2. The lowest BCUT2D eigenvalue weighted by atomic mass is 10.2. The highest BCUT2D eigenvalue weighted by Crippen LogP contribution is 2.25. The molecule has 1 aromatic carbocycles. The van der Waals surface area contributed by atoms with Crippen molar-refractivity contribution in [2.45, 2.75) is 0 Å². The number of anilines is 3. The quantitative estimate of drug-likeness (QED) is 0.759. The number of benzene rings is 1. The Morgan fingerprint density at radius 1 is 1.11 bits per heavy atom. The van der Waals surface area contributed by atoms with Crippen molar-refractivity contribution in [1.29, 1.82) is 0 Å². The number of halogens is 1. The summed E-state index contributed by atoms with van der Waals surface area (Å²) in [6, 6.07) is 11.4. The fourth-order valence-electron chi connectivity index (χ4n) is 1.78. The lowest BCUT2D eigenvalue weighted by molar-refractivity contribution is 1.05. The van der Waals surface area contributed by atoms with E-state index in [4.69, 9.17) is 5.73 Å². The fourth-order valence-corrected chi connectivity index (χ4v) is 2.13. The van der Waals surface area contributed by atoms with E-state index in [0.29, 0.717) is 11.6 Å². The number of rotatable bonds is 2. The van der Waals surface area contributed by atoms with Crippen LogP contribution in [0, 0.1) is 0 Å². The molecule has 3 N–H and O–H groups in total. The zero-order valence-electron chi connectivity index (χ0n) is 9.84. The van der Waals surface area contributed by atoms with Gasteiger partial charge < -0.3 is 11.1 Å². The van der Waals surface area contributed by atoms with Gasteiger partial charge in [0.2, 0.25) is 0 Å². The molecule has 0 radical (unpaired) electrons. The van der Waals surface area contributed by atoms with Crippen LogP contribution in [0.25, 0.3) is 10.9 Å². The van der Waals surface area contributed by atoms with Crippen LogP contribution in [0.5, 0.6) is 0 Å². The van der Waals surface area contributed by atoms with Crippen molar-refractivity contribution < 1.29 is 0 Å². The van der Waals surface area contributed by atoms with E-state index in [2.05, 4.69) is 36.4 Å². The Hall–Kier alpha value is -2.21. The van der Waals surface area contributed by atoms with Crippen molar-refractivity contribution in [3.63, 3.8) is 0 Å². The van der Waals surface area contributed by atoms with Crippen molar-refractivity contribution in [3.05, 3.63) is 47.1 Å². The Morgan fingerprint density at radius 2 is 2.00 bits per heavy atom. The van der Waals surface area contributed by atoms with Crippen LogP contribution in [0.15, 0.2) is 47.1 Å². The Kier molecular flexibility index (Phi) is 3.00. The fraction of sp³-hybridized carbons (Fsp3) is 0. The monoisotopic (exact) mass is 315 g/mol. The van der Waals surface area contributed by atoms with E-state index in [1.807, 2.05) is 24.3 Å². The van der Waals surface area contributed by atoms with Crippen molar-refractivity contribution in [2.75, 3.05) is 11.1 Å². The van der Waals surface area contributed by atoms with Crippen LogP contribution in [0.3, 0.4) is 0 Å². The summed E-state index contributed by atoms with van der Waals surface area (Å²) >= 11 is 3.41. The number of nitrogens with two attached hydrogens (primary N) is 1. The standard InChI is InChI=1S/C13H10BrN5/c14-9-6-8-2-1-3-10(13(8)16-7-9)17-12-5-4-11(15)18-19-12/h1-7H,(H2,15,18)(H,17,19). The molecule has 0 aliphatic heterocycles. The number of nitrogen functional groups attached to an aromatic ring is 1. The zero-order valence-corrected chi connectivity index (χ0v) is 11.4. The summed E-state index contributed by atoms with van der Waals surface area (Å²) < 4.78 is 0.949. The van der Waals surface area contributed by atoms with Crippen molar-refractivity contribution >= 4 is 44.2 Å². The number of fused-ring (bicyclic) bond motifs is 1. The topological polar surface area (TPSA) is 76.7 Å². The molecule has 0 spiro atoms. The Bertz CT molecular complexity index is 727. The first-order chi connectivity index (χ1) is 9.22. The molecule has 0 atom stereocenters. The normalized spacial score (nSPS) is 10.6. The average molecular weight is 316 g/mol. The molecule has 0 saturated carbocycles. The second-order valence-corrected chi connectivity index (χ2v) is 4.91. The highest BCUT2D eigenvalue weighted by molar-refractivity contribution is 9.10. The summed E-state index contributed by atoms with van der Waals surface area (Å²) in [5, 5.41) is 12.0. The molecule has 0 aliphatic carbocycles. The third kappa shape index (κ3) is 2.48. The van der Waals surface area contributed by atoms with Gasteiger partial charge in [-0.25, -0.2) is 0 Å². The summed E-state index contributed by atoms with van der Waals surface area (Å²) in [6.45, 7) is 0. The van der Waals surface area contributed by atoms with E-state index in [1.54, 1.807) is 18.3 Å². The van der Waals surface area contributed by atoms with E-state index in [1.165, 1.54) is 0 Å². The van der Waals surface area contributed by atoms with Gasteiger partial charge in [-0.05, 0) is 40.2 Å². The molecule has 0 saturated heterocycles. The van der Waals surface area contributed by atoms with Crippen LogP contribution in [0.2, 0.25) is 0 Å². The molecule has 94 valence electrons. The average Bonchev–Trinajstić information content (AvgIpc) is 2.41. The van der Waals surface area contributed by atoms with Gasteiger partial charge in [-0.2, -0.15) is 0 Å². The van der Waals surface area contributed by atoms with Gasteiger partial charge in [0.25, 0.3) is 0 Å². The first kappa shape index (κ1) is 11.9. The van der Waals surface area contributed by atoms with E-state index in [-0.39, 0.29) is 0 Å². The van der Waals surface area contributed by atoms with Gasteiger partial charge in [0, 0.05) is 16.1 Å². The first-order valence-electron chi connectivity index (χ1n) is 5.63. The van der Waals surface area contributed by atoms with Crippen LogP contribution < -0.4 is 11.1 Å². The third-order valence-electron chi connectivity index (χ3n) is 2.63. The second kappa shape index (κ2) is 4.81. The third-order valence-corrected chi connectivity index (χ3v) is 3.06. The lowest BCUT2D eigenvalue weighted by Gasteiger charge is -2.08. The van der Waals surface area contributed by atoms with Gasteiger partial charge in [-0.1, -0.05) is 12.1 Å². The molecule has 0 bridgehead atoms. The maximum Gasteiger partial charge on any atom is 0.153 e. The smallest absolute Gasteiger partial charge is 0.153 e. The number of pyridine rings is 1. The molecule has 2 aromatic heterocycles. The minimum absolute atomic E-state index is 0.394. The van der Waals surface area contributed by atoms with E-state index >= 15 is 0 Å². The summed E-state index contributed by atoms with van der Waals surface area (Å²) in [4.78, 5) is 4.41. The molecule has 0 aliphatic rings. The van der Waals surface area contributed by atoms with Gasteiger partial charge in [-0.3, -0.25) is 4.98 Å². The van der Waals surface area contributed by atoms with E-state index < -0.39 is 0 Å². The van der Waals surface area contributed by atoms with Gasteiger partial charge in [0.1, 0.15) is 5.82 Å². The Balaban J connectivity index is 2.03. The van der Waals surface area contributed by atoms with E-state index in [0.717, 1.165) is 21.1 Å². The molecule has 6 heteroatoms. The van der Waals surface area contributed by atoms with E-state index in [9.17, 15) is 0 Å². The SMILES string of the molecule is Nc1ccc(Nc2cccc3cc(Br)cnc23)nn1. The predicted octanol–water partition coefficient (Wildman–Crippen LogP) is 3.11. The molecular formula is C13H10BrN5. The number of hydrogen-bond acceptors (Lipinski definition) is 5. The minimum atomic E-state index is 0.394.